The van der Waals surface area contributed by atoms with Gasteiger partial charge in [0.1, 0.15) is 0 Å². The first kappa shape index (κ1) is 15.7. The van der Waals surface area contributed by atoms with Crippen molar-refractivity contribution in [3.8, 4) is 0 Å². The molecule has 4 heteroatoms. The van der Waals surface area contributed by atoms with Crippen molar-refractivity contribution in [1.29, 1.82) is 0 Å². The number of amides is 1. The molecule has 0 unspecified atom stereocenters. The van der Waals surface area contributed by atoms with Crippen LogP contribution in [0.25, 0.3) is 0 Å². The van der Waals surface area contributed by atoms with Gasteiger partial charge in [-0.15, -0.1) is 0 Å². The zero-order valence-corrected chi connectivity index (χ0v) is 13.6. The van der Waals surface area contributed by atoms with Gasteiger partial charge < -0.3 is 16.0 Å². The quantitative estimate of drug-likeness (QED) is 0.823. The average Bonchev–Trinajstić information content (AvgIpc) is 2.46. The molecular weight excluding hydrogens is 262 g/mol. The highest BCUT2D eigenvalue weighted by molar-refractivity contribution is 5.96. The molecule has 1 aromatic rings. The van der Waals surface area contributed by atoms with Crippen molar-refractivity contribution in [2.24, 2.45) is 11.3 Å². The minimum atomic E-state index is -0.0687. The fourth-order valence-electron chi connectivity index (χ4n) is 3.09. The largest absolute Gasteiger partial charge is 0.397 e. The predicted molar refractivity (Wildman–Crippen MR) is 88.6 cm³/mol. The van der Waals surface area contributed by atoms with E-state index in [2.05, 4.69) is 31.0 Å². The summed E-state index contributed by atoms with van der Waals surface area (Å²) in [7, 11) is 1.65. The van der Waals surface area contributed by atoms with Gasteiger partial charge >= 0.3 is 0 Å². The molecule has 1 saturated heterocycles. The molecule has 1 aromatic carbocycles. The molecule has 1 aliphatic heterocycles. The Labute approximate surface area is 127 Å². The normalized spacial score (nSPS) is 16.9. The van der Waals surface area contributed by atoms with Gasteiger partial charge in [0, 0.05) is 25.7 Å². The Hall–Kier alpha value is -1.71. The van der Waals surface area contributed by atoms with Crippen LogP contribution in [0.4, 0.5) is 11.4 Å². The summed E-state index contributed by atoms with van der Waals surface area (Å²) in [5.74, 6) is 0.679. The van der Waals surface area contributed by atoms with Crippen LogP contribution in [0.1, 0.15) is 44.0 Å². The van der Waals surface area contributed by atoms with Gasteiger partial charge in [-0.05, 0) is 42.4 Å². The zero-order chi connectivity index (χ0) is 15.6. The topological polar surface area (TPSA) is 58.4 Å². The highest BCUT2D eigenvalue weighted by Crippen LogP contribution is 2.36. The van der Waals surface area contributed by atoms with E-state index in [9.17, 15) is 4.79 Å². The molecule has 2 rings (SSSR count). The molecule has 0 aliphatic carbocycles. The lowest BCUT2D eigenvalue weighted by atomic mass is 9.75. The minimum absolute atomic E-state index is 0.0687. The van der Waals surface area contributed by atoms with Crippen molar-refractivity contribution < 1.29 is 4.79 Å². The first-order valence-electron chi connectivity index (χ1n) is 7.69. The number of carbonyl (C=O) groups is 1. The van der Waals surface area contributed by atoms with Crippen LogP contribution >= 0.6 is 0 Å². The van der Waals surface area contributed by atoms with Crippen LogP contribution < -0.4 is 16.0 Å². The van der Waals surface area contributed by atoms with Crippen molar-refractivity contribution in [3.63, 3.8) is 0 Å². The van der Waals surface area contributed by atoms with Crippen molar-refractivity contribution in [2.75, 3.05) is 30.8 Å². The molecule has 1 fully saturated rings. The number of nitrogen functional groups attached to an aromatic ring is 1. The maximum atomic E-state index is 11.8. The van der Waals surface area contributed by atoms with Crippen LogP contribution in [0.3, 0.4) is 0 Å². The molecule has 1 amide bonds. The Morgan fingerprint density at radius 3 is 2.43 bits per heavy atom. The second kappa shape index (κ2) is 5.96. The van der Waals surface area contributed by atoms with Crippen molar-refractivity contribution in [1.82, 2.24) is 5.32 Å². The van der Waals surface area contributed by atoms with Gasteiger partial charge in [0.25, 0.3) is 5.91 Å². The smallest absolute Gasteiger partial charge is 0.251 e. The number of nitrogens with one attached hydrogen (secondary N) is 1. The summed E-state index contributed by atoms with van der Waals surface area (Å²) in [6.07, 6.45) is 2.35. The fraction of sp³-hybridized carbons (Fsp3) is 0.588. The van der Waals surface area contributed by atoms with E-state index < -0.39 is 0 Å². The molecule has 0 radical (unpaired) electrons. The van der Waals surface area contributed by atoms with Crippen LogP contribution in [-0.4, -0.2) is 26.0 Å². The van der Waals surface area contributed by atoms with Gasteiger partial charge in [-0.25, -0.2) is 0 Å². The second-order valence-electron chi connectivity index (χ2n) is 6.98. The van der Waals surface area contributed by atoms with Gasteiger partial charge in [0.2, 0.25) is 0 Å². The molecule has 1 heterocycles. The summed E-state index contributed by atoms with van der Waals surface area (Å²) in [5, 5.41) is 2.66. The fourth-order valence-corrected chi connectivity index (χ4v) is 3.09. The lowest BCUT2D eigenvalue weighted by molar-refractivity contribution is 0.0963. The van der Waals surface area contributed by atoms with Crippen molar-refractivity contribution >= 4 is 17.3 Å². The third-order valence-corrected chi connectivity index (χ3v) is 4.58. The highest BCUT2D eigenvalue weighted by Gasteiger charge is 2.29. The van der Waals surface area contributed by atoms with Crippen LogP contribution in [0.5, 0.6) is 0 Å². The Morgan fingerprint density at radius 1 is 1.29 bits per heavy atom. The first-order valence-corrected chi connectivity index (χ1v) is 7.69. The van der Waals surface area contributed by atoms with E-state index in [0.29, 0.717) is 11.0 Å². The lowest BCUT2D eigenvalue weighted by Gasteiger charge is -2.40. The molecule has 0 bridgehead atoms. The van der Waals surface area contributed by atoms with Gasteiger partial charge in [-0.1, -0.05) is 20.8 Å². The summed E-state index contributed by atoms with van der Waals surface area (Å²) in [4.78, 5) is 14.1. The SMILES string of the molecule is CNC(=O)c1ccc(N)c(N2CCC(C(C)(C)C)CC2)c1. The van der Waals surface area contributed by atoms with Gasteiger partial charge in [0.05, 0.1) is 11.4 Å². The Bertz CT molecular complexity index is 511. The second-order valence-corrected chi connectivity index (χ2v) is 6.98. The van der Waals surface area contributed by atoms with Crippen molar-refractivity contribution in [3.05, 3.63) is 23.8 Å². The van der Waals surface area contributed by atoms with E-state index in [-0.39, 0.29) is 5.91 Å². The zero-order valence-electron chi connectivity index (χ0n) is 13.6. The monoisotopic (exact) mass is 289 g/mol. The summed E-state index contributed by atoms with van der Waals surface area (Å²) >= 11 is 0. The number of nitrogens with zero attached hydrogens (tertiary/aromatic N) is 1. The lowest BCUT2D eigenvalue weighted by Crippen LogP contribution is -2.38. The van der Waals surface area contributed by atoms with Crippen LogP contribution in [0, 0.1) is 11.3 Å². The molecule has 0 spiro atoms. The standard InChI is InChI=1S/C17H27N3O/c1-17(2,3)13-7-9-20(10-8-13)15-11-12(16(21)19-4)5-6-14(15)18/h5-6,11,13H,7-10,18H2,1-4H3,(H,19,21). The Morgan fingerprint density at radius 2 is 1.90 bits per heavy atom. The first-order chi connectivity index (χ1) is 9.82. The van der Waals surface area contributed by atoms with Gasteiger partial charge in [-0.2, -0.15) is 0 Å². The third kappa shape index (κ3) is 3.49. The van der Waals surface area contributed by atoms with Crippen LogP contribution in [0.2, 0.25) is 0 Å². The number of piperidine rings is 1. The van der Waals surface area contributed by atoms with Gasteiger partial charge in [0.15, 0.2) is 0 Å². The van der Waals surface area contributed by atoms with E-state index in [4.69, 9.17) is 5.73 Å². The van der Waals surface area contributed by atoms with Crippen LogP contribution in [-0.2, 0) is 0 Å². The number of hydrogen-bond acceptors (Lipinski definition) is 3. The van der Waals surface area contributed by atoms with E-state index in [1.165, 1.54) is 12.8 Å². The molecule has 0 aromatic heterocycles. The number of hydrogen-bond donors (Lipinski definition) is 2. The summed E-state index contributed by atoms with van der Waals surface area (Å²) in [5.41, 5.74) is 8.87. The van der Waals surface area contributed by atoms with Crippen LogP contribution in [0.15, 0.2) is 18.2 Å². The van der Waals surface area contributed by atoms with Crippen molar-refractivity contribution in [2.45, 2.75) is 33.6 Å². The molecule has 0 saturated carbocycles. The Balaban J connectivity index is 2.15. The number of rotatable bonds is 2. The summed E-state index contributed by atoms with van der Waals surface area (Å²) in [6.45, 7) is 8.95. The predicted octanol–water partition coefficient (Wildman–Crippen LogP) is 2.89. The van der Waals surface area contributed by atoms with E-state index >= 15 is 0 Å². The molecule has 3 N–H and O–H groups in total. The minimum Gasteiger partial charge on any atom is -0.397 e. The Kier molecular flexibility index (Phi) is 4.45. The highest BCUT2D eigenvalue weighted by atomic mass is 16.1. The van der Waals surface area contributed by atoms with E-state index in [0.717, 1.165) is 30.4 Å². The van der Waals surface area contributed by atoms with E-state index in [1.54, 1.807) is 13.1 Å². The number of carbonyl (C=O) groups excluding carboxylic acids is 1. The molecule has 1 aliphatic rings. The maximum absolute atomic E-state index is 11.8. The molecule has 21 heavy (non-hydrogen) atoms. The molecular formula is C17H27N3O. The molecule has 4 nitrogen and oxygen atoms in total. The number of anilines is 2. The molecule has 0 atom stereocenters. The average molecular weight is 289 g/mol. The number of benzene rings is 1. The third-order valence-electron chi connectivity index (χ3n) is 4.58. The molecule has 116 valence electrons. The number of nitrogens with two attached hydrogens (primary N) is 1. The van der Waals surface area contributed by atoms with E-state index in [1.807, 2.05) is 12.1 Å². The van der Waals surface area contributed by atoms with Gasteiger partial charge in [-0.3, -0.25) is 4.79 Å². The summed E-state index contributed by atoms with van der Waals surface area (Å²) in [6, 6.07) is 5.51. The summed E-state index contributed by atoms with van der Waals surface area (Å²) < 4.78 is 0. The maximum Gasteiger partial charge on any atom is 0.251 e.